The summed E-state index contributed by atoms with van der Waals surface area (Å²) in [7, 11) is 0. The van der Waals surface area contributed by atoms with E-state index in [1.54, 1.807) is 4.90 Å². The third-order valence-electron chi connectivity index (χ3n) is 3.41. The van der Waals surface area contributed by atoms with Gasteiger partial charge in [0, 0.05) is 18.4 Å². The highest BCUT2D eigenvalue weighted by atomic mass is 16.6. The topological polar surface area (TPSA) is 46.6 Å². The van der Waals surface area contributed by atoms with Crippen molar-refractivity contribution in [2.45, 2.75) is 52.2 Å². The molecule has 1 saturated heterocycles. The maximum Gasteiger partial charge on any atom is 0.410 e. The largest absolute Gasteiger partial charge is 0.444 e. The Hall–Kier alpha value is -1.06. The zero-order valence-corrected chi connectivity index (χ0v) is 10.4. The monoisotopic (exact) mass is 225 g/mol. The number of nitrogens with zero attached hydrogens (tertiary/aromatic N) is 1. The van der Waals surface area contributed by atoms with Gasteiger partial charge in [0.2, 0.25) is 0 Å². The molecule has 1 aliphatic carbocycles. The Morgan fingerprint density at radius 1 is 1.50 bits per heavy atom. The van der Waals surface area contributed by atoms with Crippen molar-refractivity contribution >= 4 is 11.9 Å². The number of hydrogen-bond acceptors (Lipinski definition) is 3. The Morgan fingerprint density at radius 2 is 2.12 bits per heavy atom. The van der Waals surface area contributed by atoms with E-state index in [1.807, 2.05) is 20.8 Å². The molecule has 2 fully saturated rings. The second-order valence-corrected chi connectivity index (χ2v) is 6.12. The van der Waals surface area contributed by atoms with Crippen molar-refractivity contribution in [3.63, 3.8) is 0 Å². The van der Waals surface area contributed by atoms with E-state index in [-0.39, 0.29) is 23.3 Å². The Bertz CT molecular complexity index is 345. The highest BCUT2D eigenvalue weighted by Crippen LogP contribution is 2.49. The summed E-state index contributed by atoms with van der Waals surface area (Å²) in [6.45, 7) is 8.22. The zero-order chi connectivity index (χ0) is 12.1. The molecule has 2 aliphatic rings. The second-order valence-electron chi connectivity index (χ2n) is 6.12. The molecule has 4 heteroatoms. The van der Waals surface area contributed by atoms with Crippen LogP contribution in [-0.4, -0.2) is 35.0 Å². The average Bonchev–Trinajstić information content (AvgIpc) is 2.34. The first kappa shape index (κ1) is 11.4. The molecule has 16 heavy (non-hydrogen) atoms. The number of likely N-dealkylation sites (tertiary alicyclic amines) is 1. The van der Waals surface area contributed by atoms with Gasteiger partial charge in [0.05, 0.1) is 6.04 Å². The number of rotatable bonds is 0. The van der Waals surface area contributed by atoms with Crippen molar-refractivity contribution in [2.24, 2.45) is 5.41 Å². The molecule has 1 saturated carbocycles. The lowest BCUT2D eigenvalue weighted by Crippen LogP contribution is -2.56. The van der Waals surface area contributed by atoms with Crippen molar-refractivity contribution in [3.05, 3.63) is 0 Å². The van der Waals surface area contributed by atoms with Crippen LogP contribution in [0.2, 0.25) is 0 Å². The SMILES string of the molecule is CC(C)(C)OC(=O)N1CC[C@@]2(C)CC(=O)C12. The lowest BCUT2D eigenvalue weighted by molar-refractivity contribution is -0.138. The molecule has 90 valence electrons. The van der Waals surface area contributed by atoms with Gasteiger partial charge in [-0.15, -0.1) is 0 Å². The number of fused-ring (bicyclic) bond motifs is 1. The summed E-state index contributed by atoms with van der Waals surface area (Å²) in [6.07, 6.45) is 1.16. The number of Topliss-reactive ketones (excluding diaryl/α,β-unsaturated/α-hetero) is 1. The van der Waals surface area contributed by atoms with E-state index in [9.17, 15) is 9.59 Å². The Kier molecular flexibility index (Phi) is 2.30. The molecule has 0 aromatic rings. The Labute approximate surface area is 95.9 Å². The number of hydrogen-bond donors (Lipinski definition) is 0. The standard InChI is InChI=1S/C12H19NO3/c1-11(2,3)16-10(15)13-6-5-12(4)7-8(14)9(12)13/h9H,5-7H2,1-4H3/t9?,12-/m0/s1. The van der Waals surface area contributed by atoms with E-state index in [0.717, 1.165) is 6.42 Å². The molecule has 0 aromatic carbocycles. The van der Waals surface area contributed by atoms with Gasteiger partial charge in [-0.1, -0.05) is 6.92 Å². The molecule has 1 heterocycles. The predicted molar refractivity (Wildman–Crippen MR) is 59.1 cm³/mol. The van der Waals surface area contributed by atoms with E-state index in [0.29, 0.717) is 13.0 Å². The van der Waals surface area contributed by atoms with Gasteiger partial charge < -0.3 is 4.74 Å². The molecule has 0 bridgehead atoms. The van der Waals surface area contributed by atoms with Gasteiger partial charge in [-0.05, 0) is 27.2 Å². The van der Waals surface area contributed by atoms with Gasteiger partial charge in [-0.3, -0.25) is 9.69 Å². The van der Waals surface area contributed by atoms with Crippen LogP contribution in [0.4, 0.5) is 4.79 Å². The normalized spacial score (nSPS) is 33.4. The lowest BCUT2D eigenvalue weighted by atomic mass is 9.65. The van der Waals surface area contributed by atoms with Crippen LogP contribution in [-0.2, 0) is 9.53 Å². The van der Waals surface area contributed by atoms with Crippen molar-refractivity contribution in [1.29, 1.82) is 0 Å². The fourth-order valence-corrected chi connectivity index (χ4v) is 2.65. The first-order valence-corrected chi connectivity index (χ1v) is 5.75. The number of ether oxygens (including phenoxy) is 1. The highest BCUT2D eigenvalue weighted by molar-refractivity contribution is 5.95. The minimum absolute atomic E-state index is 0.00792. The van der Waals surface area contributed by atoms with Crippen LogP contribution < -0.4 is 0 Å². The Morgan fingerprint density at radius 3 is 2.62 bits per heavy atom. The first-order chi connectivity index (χ1) is 7.23. The summed E-state index contributed by atoms with van der Waals surface area (Å²) in [5.74, 6) is 0.172. The molecule has 0 aromatic heterocycles. The molecule has 1 unspecified atom stereocenters. The van der Waals surface area contributed by atoms with E-state index in [4.69, 9.17) is 4.74 Å². The summed E-state index contributed by atoms with van der Waals surface area (Å²) in [5, 5.41) is 0. The Balaban J connectivity index is 2.07. The van der Waals surface area contributed by atoms with Crippen LogP contribution in [0.5, 0.6) is 0 Å². The molecular weight excluding hydrogens is 206 g/mol. The maximum atomic E-state index is 11.9. The summed E-state index contributed by atoms with van der Waals surface area (Å²) < 4.78 is 5.30. The van der Waals surface area contributed by atoms with Crippen LogP contribution in [0.3, 0.4) is 0 Å². The fraction of sp³-hybridized carbons (Fsp3) is 0.833. The summed E-state index contributed by atoms with van der Waals surface area (Å²) in [6, 6.07) is -0.234. The molecule has 0 radical (unpaired) electrons. The van der Waals surface area contributed by atoms with Gasteiger partial charge in [-0.25, -0.2) is 4.79 Å². The van der Waals surface area contributed by atoms with E-state index in [1.165, 1.54) is 0 Å². The van der Waals surface area contributed by atoms with Gasteiger partial charge in [0.15, 0.2) is 5.78 Å². The van der Waals surface area contributed by atoms with E-state index in [2.05, 4.69) is 6.92 Å². The van der Waals surface area contributed by atoms with Crippen LogP contribution >= 0.6 is 0 Å². The van der Waals surface area contributed by atoms with Crippen molar-refractivity contribution in [3.8, 4) is 0 Å². The minimum Gasteiger partial charge on any atom is -0.444 e. The van der Waals surface area contributed by atoms with Gasteiger partial charge in [0.25, 0.3) is 0 Å². The van der Waals surface area contributed by atoms with Crippen molar-refractivity contribution < 1.29 is 14.3 Å². The first-order valence-electron chi connectivity index (χ1n) is 5.75. The third kappa shape index (κ3) is 1.70. The van der Waals surface area contributed by atoms with Crippen LogP contribution in [0, 0.1) is 5.41 Å². The number of amides is 1. The van der Waals surface area contributed by atoms with Crippen molar-refractivity contribution in [2.75, 3.05) is 6.54 Å². The second kappa shape index (κ2) is 3.22. The molecule has 0 spiro atoms. The summed E-state index contributed by atoms with van der Waals surface area (Å²) in [5.41, 5.74) is -0.489. The lowest BCUT2D eigenvalue weighted by Gasteiger charge is -2.42. The average molecular weight is 225 g/mol. The maximum absolute atomic E-state index is 11.9. The van der Waals surface area contributed by atoms with E-state index < -0.39 is 5.60 Å². The predicted octanol–water partition coefficient (Wildman–Crippen LogP) is 1.97. The van der Waals surface area contributed by atoms with Crippen LogP contribution in [0.15, 0.2) is 0 Å². The van der Waals surface area contributed by atoms with Gasteiger partial charge >= 0.3 is 6.09 Å². The zero-order valence-electron chi connectivity index (χ0n) is 10.4. The molecule has 2 rings (SSSR count). The summed E-state index contributed by atoms with van der Waals surface area (Å²) in [4.78, 5) is 25.0. The molecule has 1 aliphatic heterocycles. The number of carbonyl (C=O) groups excluding carboxylic acids is 2. The third-order valence-corrected chi connectivity index (χ3v) is 3.41. The van der Waals surface area contributed by atoms with E-state index >= 15 is 0 Å². The fourth-order valence-electron chi connectivity index (χ4n) is 2.65. The van der Waals surface area contributed by atoms with Gasteiger partial charge in [-0.2, -0.15) is 0 Å². The van der Waals surface area contributed by atoms with Crippen molar-refractivity contribution in [1.82, 2.24) is 4.90 Å². The smallest absolute Gasteiger partial charge is 0.410 e. The number of carbonyl (C=O) groups is 2. The van der Waals surface area contributed by atoms with Gasteiger partial charge in [0.1, 0.15) is 5.60 Å². The minimum atomic E-state index is -0.497. The molecule has 2 atom stereocenters. The van der Waals surface area contributed by atoms with Crippen LogP contribution in [0.1, 0.15) is 40.5 Å². The molecule has 4 nitrogen and oxygen atoms in total. The molecular formula is C12H19NO3. The molecule has 0 N–H and O–H groups in total. The quantitative estimate of drug-likeness (QED) is 0.633. The highest BCUT2D eigenvalue weighted by Gasteiger charge is 2.58. The molecule has 1 amide bonds. The number of ketones is 1. The summed E-state index contributed by atoms with van der Waals surface area (Å²) >= 11 is 0. The van der Waals surface area contributed by atoms with Crippen LogP contribution in [0.25, 0.3) is 0 Å².